The van der Waals surface area contributed by atoms with E-state index in [4.69, 9.17) is 9.47 Å². The molecule has 0 saturated carbocycles. The van der Waals surface area contributed by atoms with Crippen LogP contribution in [-0.4, -0.2) is 43.3 Å². The van der Waals surface area contributed by atoms with E-state index in [1.54, 1.807) is 0 Å². The molecule has 2 atom stereocenters. The summed E-state index contributed by atoms with van der Waals surface area (Å²) in [4.78, 5) is 2.43. The summed E-state index contributed by atoms with van der Waals surface area (Å²) in [6.07, 6.45) is 0.642. The zero-order valence-corrected chi connectivity index (χ0v) is 13.1. The molecule has 112 valence electrons. The minimum atomic E-state index is 0.321. The molecule has 0 aliphatic carbocycles. The molecule has 3 nitrogen and oxygen atoms in total. The van der Waals surface area contributed by atoms with Gasteiger partial charge in [0.2, 0.25) is 0 Å². The van der Waals surface area contributed by atoms with Crippen molar-refractivity contribution in [3.63, 3.8) is 0 Å². The van der Waals surface area contributed by atoms with E-state index < -0.39 is 0 Å². The molecule has 0 bridgehead atoms. The fourth-order valence-corrected chi connectivity index (χ4v) is 2.84. The van der Waals surface area contributed by atoms with Crippen molar-refractivity contribution in [3.05, 3.63) is 29.8 Å². The van der Waals surface area contributed by atoms with Crippen LogP contribution in [0.4, 0.5) is 0 Å². The molecule has 1 aromatic carbocycles. The standard InChI is InChI=1S/C17H27NO2/c1-13(2)16-7-5-6-8-17(16)19-10-9-18-11-14(3)20-15(4)12-18/h5-8,13-15H,9-12H2,1-4H3/t14-,15+. The minimum absolute atomic E-state index is 0.321. The third kappa shape index (κ3) is 4.22. The Balaban J connectivity index is 1.84. The van der Waals surface area contributed by atoms with Crippen LogP contribution >= 0.6 is 0 Å². The Labute approximate surface area is 122 Å². The van der Waals surface area contributed by atoms with Gasteiger partial charge < -0.3 is 9.47 Å². The topological polar surface area (TPSA) is 21.7 Å². The van der Waals surface area contributed by atoms with Crippen molar-refractivity contribution in [2.24, 2.45) is 0 Å². The minimum Gasteiger partial charge on any atom is -0.492 e. The first-order valence-corrected chi connectivity index (χ1v) is 7.65. The van der Waals surface area contributed by atoms with Gasteiger partial charge in [0.1, 0.15) is 12.4 Å². The molecule has 0 spiro atoms. The van der Waals surface area contributed by atoms with Gasteiger partial charge in [-0.15, -0.1) is 0 Å². The van der Waals surface area contributed by atoms with E-state index in [-0.39, 0.29) is 0 Å². The van der Waals surface area contributed by atoms with Gasteiger partial charge in [-0.1, -0.05) is 32.0 Å². The highest BCUT2D eigenvalue weighted by Gasteiger charge is 2.21. The van der Waals surface area contributed by atoms with E-state index in [0.717, 1.165) is 32.0 Å². The summed E-state index contributed by atoms with van der Waals surface area (Å²) in [6.45, 7) is 12.4. The smallest absolute Gasteiger partial charge is 0.122 e. The number of benzene rings is 1. The van der Waals surface area contributed by atoms with Crippen LogP contribution < -0.4 is 4.74 Å². The van der Waals surface area contributed by atoms with E-state index >= 15 is 0 Å². The van der Waals surface area contributed by atoms with Crippen LogP contribution in [0.15, 0.2) is 24.3 Å². The van der Waals surface area contributed by atoms with Crippen molar-refractivity contribution >= 4 is 0 Å². The normalized spacial score (nSPS) is 24.1. The summed E-state index contributed by atoms with van der Waals surface area (Å²) in [5.74, 6) is 1.52. The first-order valence-electron chi connectivity index (χ1n) is 7.65. The lowest BCUT2D eigenvalue weighted by Crippen LogP contribution is -2.46. The molecule has 2 rings (SSSR count). The maximum absolute atomic E-state index is 5.99. The molecule has 1 aliphatic rings. The van der Waals surface area contributed by atoms with Gasteiger partial charge in [-0.3, -0.25) is 4.90 Å². The van der Waals surface area contributed by atoms with Gasteiger partial charge >= 0.3 is 0 Å². The van der Waals surface area contributed by atoms with Gasteiger partial charge in [0.05, 0.1) is 12.2 Å². The van der Waals surface area contributed by atoms with Crippen molar-refractivity contribution in [1.82, 2.24) is 4.90 Å². The number of rotatable bonds is 5. The van der Waals surface area contributed by atoms with Crippen LogP contribution in [0.1, 0.15) is 39.2 Å². The van der Waals surface area contributed by atoms with Crippen molar-refractivity contribution < 1.29 is 9.47 Å². The Hall–Kier alpha value is -1.06. The van der Waals surface area contributed by atoms with E-state index in [1.165, 1.54) is 5.56 Å². The molecule has 3 heteroatoms. The summed E-state index contributed by atoms with van der Waals surface area (Å²) in [6, 6.07) is 8.34. The zero-order chi connectivity index (χ0) is 14.5. The first kappa shape index (κ1) is 15.3. The van der Waals surface area contributed by atoms with Gasteiger partial charge in [0.25, 0.3) is 0 Å². The average Bonchev–Trinajstić information content (AvgIpc) is 2.38. The van der Waals surface area contributed by atoms with Crippen molar-refractivity contribution in [3.8, 4) is 5.75 Å². The van der Waals surface area contributed by atoms with Crippen LogP contribution in [0.25, 0.3) is 0 Å². The van der Waals surface area contributed by atoms with Crippen molar-refractivity contribution in [1.29, 1.82) is 0 Å². The Morgan fingerprint density at radius 3 is 2.50 bits per heavy atom. The number of hydrogen-bond donors (Lipinski definition) is 0. The molecular weight excluding hydrogens is 250 g/mol. The number of hydrogen-bond acceptors (Lipinski definition) is 3. The average molecular weight is 277 g/mol. The molecular formula is C17H27NO2. The lowest BCUT2D eigenvalue weighted by molar-refractivity contribution is -0.0699. The van der Waals surface area contributed by atoms with E-state index in [9.17, 15) is 0 Å². The van der Waals surface area contributed by atoms with Crippen LogP contribution in [0.3, 0.4) is 0 Å². The zero-order valence-electron chi connectivity index (χ0n) is 13.1. The van der Waals surface area contributed by atoms with Gasteiger partial charge in [-0.05, 0) is 31.4 Å². The Morgan fingerprint density at radius 1 is 1.20 bits per heavy atom. The quantitative estimate of drug-likeness (QED) is 0.824. The fraction of sp³-hybridized carbons (Fsp3) is 0.647. The summed E-state index contributed by atoms with van der Waals surface area (Å²) in [5, 5.41) is 0. The summed E-state index contributed by atoms with van der Waals surface area (Å²) in [5.41, 5.74) is 1.29. The molecule has 0 amide bonds. The van der Waals surface area contributed by atoms with E-state index in [1.807, 2.05) is 6.07 Å². The summed E-state index contributed by atoms with van der Waals surface area (Å²) >= 11 is 0. The van der Waals surface area contributed by atoms with E-state index in [0.29, 0.717) is 18.1 Å². The summed E-state index contributed by atoms with van der Waals surface area (Å²) in [7, 11) is 0. The SMILES string of the molecule is CC(C)c1ccccc1OCCN1C[C@@H](C)O[C@@H](C)C1. The van der Waals surface area contributed by atoms with Gasteiger partial charge in [-0.2, -0.15) is 0 Å². The second-order valence-electron chi connectivity index (χ2n) is 6.06. The summed E-state index contributed by atoms with van der Waals surface area (Å²) < 4.78 is 11.7. The van der Waals surface area contributed by atoms with Gasteiger partial charge in [0.15, 0.2) is 0 Å². The maximum Gasteiger partial charge on any atom is 0.122 e. The Bertz CT molecular complexity index is 409. The molecule has 1 aliphatic heterocycles. The second kappa shape index (κ2) is 7.09. The third-order valence-electron chi connectivity index (χ3n) is 3.70. The number of ether oxygens (including phenoxy) is 2. The molecule has 0 aromatic heterocycles. The lowest BCUT2D eigenvalue weighted by Gasteiger charge is -2.35. The van der Waals surface area contributed by atoms with Gasteiger partial charge in [0, 0.05) is 19.6 Å². The Kier molecular flexibility index (Phi) is 5.44. The van der Waals surface area contributed by atoms with Gasteiger partial charge in [-0.25, -0.2) is 0 Å². The molecule has 0 N–H and O–H groups in total. The fourth-order valence-electron chi connectivity index (χ4n) is 2.84. The Morgan fingerprint density at radius 2 is 1.85 bits per heavy atom. The van der Waals surface area contributed by atoms with Crippen LogP contribution in [0.5, 0.6) is 5.75 Å². The molecule has 1 fully saturated rings. The molecule has 0 unspecified atom stereocenters. The van der Waals surface area contributed by atoms with Crippen molar-refractivity contribution in [2.45, 2.75) is 45.8 Å². The highest BCUT2D eigenvalue weighted by atomic mass is 16.5. The van der Waals surface area contributed by atoms with Crippen LogP contribution in [0.2, 0.25) is 0 Å². The monoisotopic (exact) mass is 277 g/mol. The predicted octanol–water partition coefficient (Wildman–Crippen LogP) is 3.30. The van der Waals surface area contributed by atoms with Crippen LogP contribution in [0, 0.1) is 0 Å². The number of nitrogens with zero attached hydrogens (tertiary/aromatic N) is 1. The third-order valence-corrected chi connectivity index (χ3v) is 3.70. The predicted molar refractivity (Wildman–Crippen MR) is 82.5 cm³/mol. The lowest BCUT2D eigenvalue weighted by atomic mass is 10.0. The molecule has 20 heavy (non-hydrogen) atoms. The maximum atomic E-state index is 5.99. The number of morpholine rings is 1. The second-order valence-corrected chi connectivity index (χ2v) is 6.06. The van der Waals surface area contributed by atoms with E-state index in [2.05, 4.69) is 50.8 Å². The molecule has 1 heterocycles. The first-order chi connectivity index (χ1) is 9.56. The highest BCUT2D eigenvalue weighted by Crippen LogP contribution is 2.25. The highest BCUT2D eigenvalue weighted by molar-refractivity contribution is 5.35. The largest absolute Gasteiger partial charge is 0.492 e. The molecule has 1 aromatic rings. The van der Waals surface area contributed by atoms with Crippen LogP contribution in [-0.2, 0) is 4.74 Å². The number of para-hydroxylation sites is 1. The molecule has 0 radical (unpaired) electrons. The molecule has 1 saturated heterocycles. The van der Waals surface area contributed by atoms with Crippen molar-refractivity contribution in [2.75, 3.05) is 26.2 Å².